The smallest absolute Gasteiger partial charge is 0.262 e. The molecule has 1 saturated heterocycles. The number of rotatable bonds is 6. The number of hydrogen-bond acceptors (Lipinski definition) is 5. The van der Waals surface area contributed by atoms with Crippen LogP contribution in [-0.2, 0) is 16.1 Å². The molecular formula is C19H25N3O3S. The number of likely N-dealkylation sites (tertiary alicyclic amines) is 1. The molecule has 3 rings (SSSR count). The molecule has 1 aromatic heterocycles. The van der Waals surface area contributed by atoms with E-state index in [-0.39, 0.29) is 16.7 Å². The molecule has 1 aliphatic rings. The van der Waals surface area contributed by atoms with Crippen molar-refractivity contribution < 1.29 is 9.53 Å². The number of para-hydroxylation sites is 1. The fraction of sp³-hybridized carbons (Fsp3) is 0.526. The predicted molar refractivity (Wildman–Crippen MR) is 104 cm³/mol. The molecule has 0 N–H and O–H groups in total. The van der Waals surface area contributed by atoms with Crippen molar-refractivity contribution in [2.75, 3.05) is 26.8 Å². The average molecular weight is 375 g/mol. The summed E-state index contributed by atoms with van der Waals surface area (Å²) in [6, 6.07) is 7.32. The average Bonchev–Trinajstić information content (AvgIpc) is 2.68. The summed E-state index contributed by atoms with van der Waals surface area (Å²) in [6.45, 7) is 4.38. The van der Waals surface area contributed by atoms with Crippen LogP contribution in [0.15, 0.2) is 34.2 Å². The number of hydrogen-bond donors (Lipinski definition) is 0. The summed E-state index contributed by atoms with van der Waals surface area (Å²) < 4.78 is 6.77. The molecule has 1 aliphatic heterocycles. The van der Waals surface area contributed by atoms with E-state index >= 15 is 0 Å². The Morgan fingerprint density at radius 2 is 2.00 bits per heavy atom. The highest BCUT2D eigenvalue weighted by Crippen LogP contribution is 2.25. The number of thioether (sulfide) groups is 1. The van der Waals surface area contributed by atoms with Gasteiger partial charge in [-0.1, -0.05) is 23.9 Å². The quantitative estimate of drug-likeness (QED) is 0.573. The van der Waals surface area contributed by atoms with Crippen LogP contribution in [0.1, 0.15) is 26.2 Å². The molecule has 2 aromatic rings. The number of piperidine rings is 1. The van der Waals surface area contributed by atoms with E-state index in [2.05, 4.69) is 4.98 Å². The van der Waals surface area contributed by atoms with E-state index in [4.69, 9.17) is 4.74 Å². The van der Waals surface area contributed by atoms with Crippen molar-refractivity contribution in [3.05, 3.63) is 34.6 Å². The maximum atomic E-state index is 12.9. The zero-order valence-electron chi connectivity index (χ0n) is 15.3. The van der Waals surface area contributed by atoms with E-state index in [9.17, 15) is 9.59 Å². The van der Waals surface area contributed by atoms with Gasteiger partial charge in [-0.25, -0.2) is 4.98 Å². The van der Waals surface area contributed by atoms with Gasteiger partial charge in [0.05, 0.1) is 29.3 Å². The first kappa shape index (κ1) is 18.9. The van der Waals surface area contributed by atoms with Crippen molar-refractivity contribution in [3.8, 4) is 0 Å². The van der Waals surface area contributed by atoms with Crippen LogP contribution in [-0.4, -0.2) is 52.4 Å². The van der Waals surface area contributed by atoms with E-state index < -0.39 is 0 Å². The van der Waals surface area contributed by atoms with Gasteiger partial charge in [0.2, 0.25) is 5.91 Å². The standard InChI is InChI=1S/C19H25N3O3S/c1-14(17(23)21-10-6-3-7-11-21)26-19-20-16-9-5-4-8-15(16)18(24)22(19)12-13-25-2/h4-5,8-9,14H,3,6-7,10-13H2,1-2H3/t14-/m1/s1. The lowest BCUT2D eigenvalue weighted by Gasteiger charge is -2.29. The maximum absolute atomic E-state index is 12.9. The number of amides is 1. The van der Waals surface area contributed by atoms with E-state index in [0.717, 1.165) is 25.9 Å². The monoisotopic (exact) mass is 375 g/mol. The van der Waals surface area contributed by atoms with Gasteiger partial charge in [-0.05, 0) is 38.3 Å². The molecule has 6 nitrogen and oxygen atoms in total. The zero-order valence-corrected chi connectivity index (χ0v) is 16.1. The number of fused-ring (bicyclic) bond motifs is 1. The number of carbonyl (C=O) groups is 1. The fourth-order valence-corrected chi connectivity index (χ4v) is 4.22. The number of carbonyl (C=O) groups excluding carboxylic acids is 1. The van der Waals surface area contributed by atoms with Crippen LogP contribution in [0.25, 0.3) is 10.9 Å². The molecule has 0 bridgehead atoms. The molecule has 1 amide bonds. The summed E-state index contributed by atoms with van der Waals surface area (Å²) in [7, 11) is 1.61. The number of nitrogens with zero attached hydrogens (tertiary/aromatic N) is 3. The minimum absolute atomic E-state index is 0.0900. The molecule has 1 fully saturated rings. The van der Waals surface area contributed by atoms with Crippen molar-refractivity contribution in [2.24, 2.45) is 0 Å². The Balaban J connectivity index is 1.89. The van der Waals surface area contributed by atoms with Gasteiger partial charge in [0.1, 0.15) is 0 Å². The number of benzene rings is 1. The van der Waals surface area contributed by atoms with Gasteiger partial charge in [-0.3, -0.25) is 14.2 Å². The minimum Gasteiger partial charge on any atom is -0.383 e. The zero-order chi connectivity index (χ0) is 18.5. The Labute approximate surface area is 157 Å². The fourth-order valence-electron chi connectivity index (χ4n) is 3.20. The van der Waals surface area contributed by atoms with E-state index in [0.29, 0.717) is 29.2 Å². The van der Waals surface area contributed by atoms with Gasteiger partial charge in [-0.15, -0.1) is 0 Å². The lowest BCUT2D eigenvalue weighted by Crippen LogP contribution is -2.40. The van der Waals surface area contributed by atoms with Crippen LogP contribution in [0.4, 0.5) is 0 Å². The third kappa shape index (κ3) is 4.10. The summed E-state index contributed by atoms with van der Waals surface area (Å²) in [5, 5.41) is 0.876. The third-order valence-electron chi connectivity index (χ3n) is 4.64. The first-order chi connectivity index (χ1) is 12.6. The van der Waals surface area contributed by atoms with Crippen LogP contribution in [0.3, 0.4) is 0 Å². The van der Waals surface area contributed by atoms with E-state index in [1.54, 1.807) is 17.7 Å². The number of methoxy groups -OCH3 is 1. The first-order valence-electron chi connectivity index (χ1n) is 9.06. The third-order valence-corrected chi connectivity index (χ3v) is 5.72. The Morgan fingerprint density at radius 3 is 2.73 bits per heavy atom. The second kappa shape index (κ2) is 8.68. The molecule has 140 valence electrons. The van der Waals surface area contributed by atoms with Crippen LogP contribution < -0.4 is 5.56 Å². The summed E-state index contributed by atoms with van der Waals surface area (Å²) in [4.78, 5) is 32.2. The van der Waals surface area contributed by atoms with E-state index in [1.807, 2.05) is 30.0 Å². The van der Waals surface area contributed by atoms with Crippen molar-refractivity contribution >= 4 is 28.6 Å². The molecule has 26 heavy (non-hydrogen) atoms. The van der Waals surface area contributed by atoms with Crippen LogP contribution >= 0.6 is 11.8 Å². The highest BCUT2D eigenvalue weighted by Gasteiger charge is 2.25. The Hall–Kier alpha value is -1.86. The molecule has 0 radical (unpaired) electrons. The summed E-state index contributed by atoms with van der Waals surface area (Å²) >= 11 is 1.36. The van der Waals surface area contributed by atoms with Crippen LogP contribution in [0, 0.1) is 0 Å². The van der Waals surface area contributed by atoms with Crippen LogP contribution in [0.5, 0.6) is 0 Å². The predicted octanol–water partition coefficient (Wildman–Crippen LogP) is 2.54. The first-order valence-corrected chi connectivity index (χ1v) is 9.93. The lowest BCUT2D eigenvalue weighted by atomic mass is 10.1. The van der Waals surface area contributed by atoms with Crippen molar-refractivity contribution in [2.45, 2.75) is 43.1 Å². The Kier molecular flexibility index (Phi) is 6.32. The van der Waals surface area contributed by atoms with Gasteiger partial charge in [0.25, 0.3) is 5.56 Å². The molecule has 0 saturated carbocycles. The SMILES string of the molecule is COCCn1c(S[C@H](C)C(=O)N2CCCCC2)nc2ccccc2c1=O. The molecule has 0 unspecified atom stereocenters. The summed E-state index contributed by atoms with van der Waals surface area (Å²) in [5.74, 6) is 0.121. The molecule has 2 heterocycles. The maximum Gasteiger partial charge on any atom is 0.262 e. The van der Waals surface area contributed by atoms with Crippen LogP contribution in [0.2, 0.25) is 0 Å². The van der Waals surface area contributed by atoms with Crippen molar-refractivity contribution in [3.63, 3.8) is 0 Å². The van der Waals surface area contributed by atoms with E-state index in [1.165, 1.54) is 18.2 Å². The number of aromatic nitrogens is 2. The second-order valence-electron chi connectivity index (χ2n) is 6.51. The topological polar surface area (TPSA) is 64.4 Å². The second-order valence-corrected chi connectivity index (χ2v) is 7.82. The highest BCUT2D eigenvalue weighted by molar-refractivity contribution is 8.00. The number of ether oxygens (including phenoxy) is 1. The largest absolute Gasteiger partial charge is 0.383 e. The van der Waals surface area contributed by atoms with Crippen molar-refractivity contribution in [1.82, 2.24) is 14.5 Å². The molecule has 1 atom stereocenters. The van der Waals surface area contributed by atoms with Gasteiger partial charge in [0, 0.05) is 20.2 Å². The van der Waals surface area contributed by atoms with Crippen molar-refractivity contribution in [1.29, 1.82) is 0 Å². The Morgan fingerprint density at radius 1 is 1.27 bits per heavy atom. The summed E-state index contributed by atoms with van der Waals surface area (Å²) in [6.07, 6.45) is 3.32. The summed E-state index contributed by atoms with van der Waals surface area (Å²) in [5.41, 5.74) is 0.569. The van der Waals surface area contributed by atoms with Gasteiger partial charge >= 0.3 is 0 Å². The molecule has 0 aliphatic carbocycles. The highest BCUT2D eigenvalue weighted by atomic mass is 32.2. The Bertz CT molecular complexity index is 830. The molecule has 1 aromatic carbocycles. The normalized spacial score (nSPS) is 16.0. The molecule has 7 heteroatoms. The lowest BCUT2D eigenvalue weighted by molar-refractivity contribution is -0.131. The molecule has 0 spiro atoms. The molecular weight excluding hydrogens is 350 g/mol. The van der Waals surface area contributed by atoms with Gasteiger partial charge in [0.15, 0.2) is 5.16 Å². The van der Waals surface area contributed by atoms with Gasteiger partial charge in [-0.2, -0.15) is 0 Å². The van der Waals surface area contributed by atoms with Gasteiger partial charge < -0.3 is 9.64 Å². The minimum atomic E-state index is -0.282.